The van der Waals surface area contributed by atoms with Crippen LogP contribution >= 0.6 is 0 Å². The van der Waals surface area contributed by atoms with Gasteiger partial charge in [-0.1, -0.05) is 0 Å². The van der Waals surface area contributed by atoms with Crippen LogP contribution in [0.15, 0.2) is 30.6 Å². The number of hydrogen-bond donors (Lipinski definition) is 1. The minimum atomic E-state index is -0.184. The fourth-order valence-electron chi connectivity index (χ4n) is 3.29. The van der Waals surface area contributed by atoms with Gasteiger partial charge in [0.1, 0.15) is 0 Å². The zero-order chi connectivity index (χ0) is 18.5. The van der Waals surface area contributed by atoms with E-state index >= 15 is 0 Å². The zero-order valence-electron chi connectivity index (χ0n) is 15.8. The zero-order valence-corrected chi connectivity index (χ0v) is 15.8. The van der Waals surface area contributed by atoms with Gasteiger partial charge in [0.25, 0.3) is 5.91 Å². The predicted molar refractivity (Wildman–Crippen MR) is 106 cm³/mol. The molecule has 1 fully saturated rings. The number of aryl methyl sites for hydroxylation is 1. The van der Waals surface area contributed by atoms with Crippen molar-refractivity contribution in [1.82, 2.24) is 9.97 Å². The highest BCUT2D eigenvalue weighted by molar-refractivity contribution is 6.04. The molecule has 1 saturated heterocycles. The summed E-state index contributed by atoms with van der Waals surface area (Å²) in [5, 5.41) is 2.97. The predicted octanol–water partition coefficient (Wildman–Crippen LogP) is 3.48. The van der Waals surface area contributed by atoms with Crippen molar-refractivity contribution < 1.29 is 4.79 Å². The number of amides is 1. The Morgan fingerprint density at radius 2 is 1.81 bits per heavy atom. The Balaban J connectivity index is 1.69. The van der Waals surface area contributed by atoms with Crippen molar-refractivity contribution in [3.63, 3.8) is 0 Å². The van der Waals surface area contributed by atoms with E-state index in [-0.39, 0.29) is 5.91 Å². The van der Waals surface area contributed by atoms with E-state index in [2.05, 4.69) is 45.0 Å². The molecule has 0 spiro atoms. The molecule has 26 heavy (non-hydrogen) atoms. The van der Waals surface area contributed by atoms with Crippen LogP contribution in [0.1, 0.15) is 42.6 Å². The van der Waals surface area contributed by atoms with E-state index in [0.29, 0.717) is 11.5 Å². The first kappa shape index (κ1) is 18.2. The van der Waals surface area contributed by atoms with Crippen molar-refractivity contribution >= 4 is 23.2 Å². The van der Waals surface area contributed by atoms with Crippen molar-refractivity contribution in [3.05, 3.63) is 41.7 Å². The number of anilines is 3. The number of hydrogen-bond acceptors (Lipinski definition) is 5. The molecule has 6 heteroatoms. The van der Waals surface area contributed by atoms with Gasteiger partial charge in [-0.25, -0.2) is 9.97 Å². The molecule has 1 aromatic carbocycles. The minimum Gasteiger partial charge on any atom is -0.372 e. The molecule has 2 heterocycles. The summed E-state index contributed by atoms with van der Waals surface area (Å²) in [6.45, 7) is 10.2. The summed E-state index contributed by atoms with van der Waals surface area (Å²) in [5.41, 5.74) is 3.50. The first-order valence-corrected chi connectivity index (χ1v) is 9.36. The molecule has 0 radical (unpaired) electrons. The number of nitrogens with one attached hydrogen (secondary N) is 1. The van der Waals surface area contributed by atoms with Gasteiger partial charge in [-0.15, -0.1) is 0 Å². The second kappa shape index (κ2) is 8.17. The van der Waals surface area contributed by atoms with Crippen molar-refractivity contribution in [2.45, 2.75) is 33.6 Å². The number of nitrogens with zero attached hydrogens (tertiary/aromatic N) is 4. The first-order valence-electron chi connectivity index (χ1n) is 9.36. The van der Waals surface area contributed by atoms with E-state index in [0.717, 1.165) is 37.4 Å². The number of benzene rings is 1. The fourth-order valence-corrected chi connectivity index (χ4v) is 3.29. The van der Waals surface area contributed by atoms with Crippen molar-refractivity contribution in [1.29, 1.82) is 0 Å². The highest BCUT2D eigenvalue weighted by atomic mass is 16.1. The van der Waals surface area contributed by atoms with Gasteiger partial charge in [0.15, 0.2) is 0 Å². The quantitative estimate of drug-likeness (QED) is 0.861. The van der Waals surface area contributed by atoms with Gasteiger partial charge in [0.2, 0.25) is 5.95 Å². The third-order valence-corrected chi connectivity index (χ3v) is 4.88. The molecule has 6 nitrogen and oxygen atoms in total. The van der Waals surface area contributed by atoms with Crippen LogP contribution in [0.3, 0.4) is 0 Å². The monoisotopic (exact) mass is 353 g/mol. The van der Waals surface area contributed by atoms with E-state index < -0.39 is 0 Å². The standard InChI is InChI=1S/C20H27N5O/c1-4-24(5-2)17-8-9-18(15(3)12-17)23-19(26)16-13-21-20(22-14-16)25-10-6-7-11-25/h8-9,12-14H,4-7,10-11H2,1-3H3,(H,23,26). The Bertz CT molecular complexity index is 749. The average molecular weight is 353 g/mol. The van der Waals surface area contributed by atoms with Crippen LogP contribution in [0.2, 0.25) is 0 Å². The maximum absolute atomic E-state index is 12.5. The topological polar surface area (TPSA) is 61.4 Å². The highest BCUT2D eigenvalue weighted by Crippen LogP contribution is 2.23. The molecule has 0 atom stereocenters. The van der Waals surface area contributed by atoms with E-state index in [1.54, 1.807) is 12.4 Å². The molecule has 2 aromatic rings. The lowest BCUT2D eigenvalue weighted by molar-refractivity contribution is 0.102. The summed E-state index contributed by atoms with van der Waals surface area (Å²) in [6.07, 6.45) is 5.56. The van der Waals surface area contributed by atoms with Gasteiger partial charge in [-0.05, 0) is 57.4 Å². The van der Waals surface area contributed by atoms with Crippen LogP contribution in [-0.2, 0) is 0 Å². The second-order valence-corrected chi connectivity index (χ2v) is 6.59. The van der Waals surface area contributed by atoms with Gasteiger partial charge < -0.3 is 15.1 Å². The Morgan fingerprint density at radius 3 is 2.38 bits per heavy atom. The van der Waals surface area contributed by atoms with Gasteiger partial charge in [-0.3, -0.25) is 4.79 Å². The third-order valence-electron chi connectivity index (χ3n) is 4.88. The average Bonchev–Trinajstić information content (AvgIpc) is 3.19. The summed E-state index contributed by atoms with van der Waals surface area (Å²) >= 11 is 0. The van der Waals surface area contributed by atoms with Crippen LogP contribution in [0.25, 0.3) is 0 Å². The number of aromatic nitrogens is 2. The van der Waals surface area contributed by atoms with Crippen LogP contribution in [0.5, 0.6) is 0 Å². The Morgan fingerprint density at radius 1 is 1.15 bits per heavy atom. The first-order chi connectivity index (χ1) is 12.6. The SMILES string of the molecule is CCN(CC)c1ccc(NC(=O)c2cnc(N3CCCC3)nc2)c(C)c1. The summed E-state index contributed by atoms with van der Waals surface area (Å²) in [6, 6.07) is 6.11. The molecule has 1 aromatic heterocycles. The lowest BCUT2D eigenvalue weighted by Crippen LogP contribution is -2.22. The van der Waals surface area contributed by atoms with Crippen LogP contribution in [0.4, 0.5) is 17.3 Å². The van der Waals surface area contributed by atoms with Gasteiger partial charge in [-0.2, -0.15) is 0 Å². The van der Waals surface area contributed by atoms with Crippen molar-refractivity contribution in [2.24, 2.45) is 0 Å². The number of carbonyl (C=O) groups is 1. The molecule has 3 rings (SSSR count). The maximum Gasteiger partial charge on any atom is 0.258 e. The van der Waals surface area contributed by atoms with E-state index in [1.165, 1.54) is 18.5 Å². The summed E-state index contributed by atoms with van der Waals surface area (Å²) in [4.78, 5) is 25.7. The Hall–Kier alpha value is -2.63. The summed E-state index contributed by atoms with van der Waals surface area (Å²) < 4.78 is 0. The molecule has 0 saturated carbocycles. The van der Waals surface area contributed by atoms with E-state index in [9.17, 15) is 4.79 Å². The van der Waals surface area contributed by atoms with Crippen molar-refractivity contribution in [2.75, 3.05) is 41.3 Å². The van der Waals surface area contributed by atoms with Crippen LogP contribution in [0, 0.1) is 6.92 Å². The molecule has 0 unspecified atom stereocenters. The minimum absolute atomic E-state index is 0.184. The molecule has 138 valence electrons. The highest BCUT2D eigenvalue weighted by Gasteiger charge is 2.16. The van der Waals surface area contributed by atoms with Crippen molar-refractivity contribution in [3.8, 4) is 0 Å². The normalized spacial score (nSPS) is 13.7. The maximum atomic E-state index is 12.5. The molecule has 1 aliphatic rings. The third kappa shape index (κ3) is 3.95. The van der Waals surface area contributed by atoms with Gasteiger partial charge in [0.05, 0.1) is 5.56 Å². The summed E-state index contributed by atoms with van der Waals surface area (Å²) in [5.74, 6) is 0.524. The Labute approximate surface area is 155 Å². The van der Waals surface area contributed by atoms with E-state index in [1.807, 2.05) is 19.1 Å². The molecule has 0 bridgehead atoms. The molecule has 1 N–H and O–H groups in total. The molecule has 1 aliphatic heterocycles. The molecule has 1 amide bonds. The Kier molecular flexibility index (Phi) is 5.71. The van der Waals surface area contributed by atoms with Crippen LogP contribution < -0.4 is 15.1 Å². The fraction of sp³-hybridized carbons (Fsp3) is 0.450. The smallest absolute Gasteiger partial charge is 0.258 e. The van der Waals surface area contributed by atoms with Crippen LogP contribution in [-0.4, -0.2) is 42.1 Å². The van der Waals surface area contributed by atoms with Gasteiger partial charge in [0, 0.05) is 49.9 Å². The molecular formula is C20H27N5O. The van der Waals surface area contributed by atoms with E-state index in [4.69, 9.17) is 0 Å². The number of rotatable bonds is 6. The lowest BCUT2D eigenvalue weighted by atomic mass is 10.1. The lowest BCUT2D eigenvalue weighted by Gasteiger charge is -2.22. The summed E-state index contributed by atoms with van der Waals surface area (Å²) in [7, 11) is 0. The largest absolute Gasteiger partial charge is 0.372 e. The molecular weight excluding hydrogens is 326 g/mol. The number of carbonyl (C=O) groups excluding carboxylic acids is 1. The molecule has 0 aliphatic carbocycles. The van der Waals surface area contributed by atoms with Gasteiger partial charge >= 0.3 is 0 Å². The second-order valence-electron chi connectivity index (χ2n) is 6.59.